The van der Waals surface area contributed by atoms with Crippen molar-refractivity contribution >= 4 is 29.7 Å². The molecule has 66 heavy (non-hydrogen) atoms. The van der Waals surface area contributed by atoms with E-state index < -0.39 is 53.7 Å². The zero-order valence-corrected chi connectivity index (χ0v) is 42.5. The second-order valence-electron chi connectivity index (χ2n) is 19.7. The van der Waals surface area contributed by atoms with E-state index in [1.54, 1.807) is 35.0 Å². The van der Waals surface area contributed by atoms with Gasteiger partial charge in [0.1, 0.15) is 11.6 Å². The molecule has 1 heterocycles. The molecule has 2 N–H and O–H groups in total. The summed E-state index contributed by atoms with van der Waals surface area (Å²) in [5, 5.41) is 5.93. The van der Waals surface area contributed by atoms with Gasteiger partial charge in [-0.1, -0.05) is 134 Å². The van der Waals surface area contributed by atoms with Gasteiger partial charge in [0.15, 0.2) is 0 Å². The molecule has 0 aliphatic carbocycles. The van der Waals surface area contributed by atoms with Crippen molar-refractivity contribution in [2.75, 3.05) is 34.9 Å². The lowest BCUT2D eigenvalue weighted by atomic mass is 9.85. The molecule has 1 fully saturated rings. The Morgan fingerprint density at radius 2 is 1.36 bits per heavy atom. The van der Waals surface area contributed by atoms with Crippen LogP contribution in [0.4, 0.5) is 4.79 Å². The molecule has 3 unspecified atom stereocenters. The summed E-state index contributed by atoms with van der Waals surface area (Å²) in [6.07, 6.45) is 6.72. The minimum Gasteiger partial charge on any atom is -0.444 e. The van der Waals surface area contributed by atoms with Crippen molar-refractivity contribution < 1.29 is 38.2 Å². The lowest BCUT2D eigenvalue weighted by Crippen LogP contribution is -2.60. The Morgan fingerprint density at radius 1 is 0.803 bits per heavy atom. The van der Waals surface area contributed by atoms with Gasteiger partial charge in [0, 0.05) is 33.9 Å². The van der Waals surface area contributed by atoms with E-state index >= 15 is 0 Å². The fourth-order valence-corrected chi connectivity index (χ4v) is 9.71. The van der Waals surface area contributed by atoms with E-state index in [0.717, 1.165) is 31.2 Å². The number of hydrogen-bond acceptors (Lipinski definition) is 9. The molecule has 1 saturated heterocycles. The molecular formula is C53H83N5O8. The third kappa shape index (κ3) is 16.0. The van der Waals surface area contributed by atoms with Gasteiger partial charge in [0.2, 0.25) is 23.6 Å². The molecule has 0 spiro atoms. The van der Waals surface area contributed by atoms with Crippen LogP contribution in [0, 0.1) is 23.7 Å². The molecular weight excluding hydrogens is 835 g/mol. The van der Waals surface area contributed by atoms with E-state index in [9.17, 15) is 24.0 Å². The van der Waals surface area contributed by atoms with Gasteiger partial charge in [-0.2, -0.15) is 0 Å². The molecule has 3 rings (SSSR count). The maximum atomic E-state index is 14.6. The number of carbonyl (C=O) groups is 5. The van der Waals surface area contributed by atoms with E-state index in [1.165, 1.54) is 17.5 Å². The van der Waals surface area contributed by atoms with Crippen molar-refractivity contribution in [2.45, 2.75) is 162 Å². The Labute approximate surface area is 396 Å². The van der Waals surface area contributed by atoms with Gasteiger partial charge in [0.05, 0.1) is 42.7 Å². The summed E-state index contributed by atoms with van der Waals surface area (Å²) >= 11 is 0. The van der Waals surface area contributed by atoms with Crippen LogP contribution in [0.5, 0.6) is 0 Å². The van der Waals surface area contributed by atoms with Gasteiger partial charge in [-0.3, -0.25) is 34.3 Å². The Bertz CT molecular complexity index is 1850. The molecule has 368 valence electrons. The number of likely N-dealkylation sites (N-methyl/N-ethyl adjacent to an activating group) is 2. The van der Waals surface area contributed by atoms with E-state index in [2.05, 4.69) is 60.9 Å². The maximum absolute atomic E-state index is 14.6. The van der Waals surface area contributed by atoms with Crippen LogP contribution < -0.4 is 10.6 Å². The summed E-state index contributed by atoms with van der Waals surface area (Å²) in [7, 11) is 6.57. The largest absolute Gasteiger partial charge is 0.444 e. The fourth-order valence-electron chi connectivity index (χ4n) is 9.71. The number of benzene rings is 2. The minimum atomic E-state index is -0.961. The third-order valence-corrected chi connectivity index (χ3v) is 13.0. The Balaban J connectivity index is 1.83. The lowest BCUT2D eigenvalue weighted by molar-refractivity contribution is -0.144. The molecule has 13 heteroatoms. The smallest absolute Gasteiger partial charge is 0.410 e. The van der Waals surface area contributed by atoms with Crippen LogP contribution in [-0.2, 0) is 46.2 Å². The normalized spacial score (nSPS) is 17.7. The van der Waals surface area contributed by atoms with Gasteiger partial charge < -0.3 is 24.4 Å². The van der Waals surface area contributed by atoms with Crippen molar-refractivity contribution in [3.05, 3.63) is 83.9 Å². The first-order valence-corrected chi connectivity index (χ1v) is 24.1. The quantitative estimate of drug-likeness (QED) is 0.101. The second kappa shape index (κ2) is 26.7. The van der Waals surface area contributed by atoms with Crippen LogP contribution in [0.2, 0.25) is 0 Å². The van der Waals surface area contributed by atoms with Crippen molar-refractivity contribution in [2.24, 2.45) is 23.7 Å². The van der Waals surface area contributed by atoms with E-state index in [4.69, 9.17) is 14.2 Å². The van der Waals surface area contributed by atoms with Gasteiger partial charge >= 0.3 is 6.09 Å². The van der Waals surface area contributed by atoms with Crippen molar-refractivity contribution in [3.8, 4) is 0 Å². The van der Waals surface area contributed by atoms with Crippen LogP contribution in [0.15, 0.2) is 72.8 Å². The standard InChI is InChI=1S/C53H83N5O8/c1-15-40(16-2)47(56(11)45(35(3)4)50(61)55-51(62)46(36(5)6)57(12)52(63)66-53(8,9)10)43(64-13)34-44(59)58-32-24-31-42(58)48(65-14)37(7)49(60)54-41(33-39-27-21-18-22-28-39)30-23-29-38-25-19-17-20-26-38/h17-23,25-28,30,35-37,40-43,45-48H,15-16,24,29,31-34H2,1-14H3,(H,54,60)(H,55,61,62)/b30-23-/t37?,41?,42?,43-,45-,46+,47+,48-/m1/s1. The first-order chi connectivity index (χ1) is 31.2. The lowest BCUT2D eigenvalue weighted by Gasteiger charge is -2.44. The number of hydrogen-bond donors (Lipinski definition) is 2. The minimum absolute atomic E-state index is 0.0367. The molecule has 2 aromatic carbocycles. The number of likely N-dealkylation sites (tertiary alicyclic amines) is 1. The van der Waals surface area contributed by atoms with Crippen LogP contribution in [0.3, 0.4) is 0 Å². The van der Waals surface area contributed by atoms with Gasteiger partial charge in [-0.05, 0) is 82.4 Å². The molecule has 0 aromatic heterocycles. The number of rotatable bonds is 24. The number of amides is 5. The first kappa shape index (κ1) is 55.7. The highest BCUT2D eigenvalue weighted by Gasteiger charge is 2.44. The molecule has 8 atom stereocenters. The molecule has 2 aromatic rings. The van der Waals surface area contributed by atoms with Gasteiger partial charge in [0.25, 0.3) is 0 Å². The number of nitrogens with zero attached hydrogens (tertiary/aromatic N) is 3. The molecule has 1 aliphatic rings. The van der Waals surface area contributed by atoms with Gasteiger partial charge in [-0.25, -0.2) is 4.79 Å². The number of carbonyl (C=O) groups excluding carboxylic acids is 5. The molecule has 0 radical (unpaired) electrons. The molecule has 13 nitrogen and oxygen atoms in total. The predicted octanol–water partition coefficient (Wildman–Crippen LogP) is 7.86. The number of imide groups is 1. The fraction of sp³-hybridized carbons (Fsp3) is 0.642. The summed E-state index contributed by atoms with van der Waals surface area (Å²) in [6.45, 7) is 19.3. The van der Waals surface area contributed by atoms with E-state index in [0.29, 0.717) is 19.4 Å². The van der Waals surface area contributed by atoms with Crippen molar-refractivity contribution in [1.29, 1.82) is 0 Å². The summed E-state index contributed by atoms with van der Waals surface area (Å²) in [5.41, 5.74) is 1.53. The Kier molecular flexibility index (Phi) is 22.5. The monoisotopic (exact) mass is 918 g/mol. The highest BCUT2D eigenvalue weighted by molar-refractivity contribution is 6.01. The van der Waals surface area contributed by atoms with Crippen LogP contribution in [-0.4, -0.2) is 127 Å². The van der Waals surface area contributed by atoms with Crippen LogP contribution in [0.1, 0.15) is 112 Å². The third-order valence-electron chi connectivity index (χ3n) is 13.0. The Hall–Kier alpha value is -4.59. The average molecular weight is 918 g/mol. The first-order valence-electron chi connectivity index (χ1n) is 24.1. The number of allylic oxidation sites excluding steroid dienone is 1. The maximum Gasteiger partial charge on any atom is 0.410 e. The Morgan fingerprint density at radius 3 is 1.88 bits per heavy atom. The van der Waals surface area contributed by atoms with Crippen molar-refractivity contribution in [3.63, 3.8) is 0 Å². The summed E-state index contributed by atoms with van der Waals surface area (Å²) in [5.74, 6) is -2.44. The summed E-state index contributed by atoms with van der Waals surface area (Å²) in [4.78, 5) is 75.0. The SMILES string of the molecule is CCC(CC)[C@@H]([C@@H](CC(=O)N1CCCC1[C@H](OC)C(C)C(=O)NC(/C=C\Cc1ccccc1)Cc1ccccc1)OC)N(C)[C@@H](C(=O)NC(=O)[C@H](C(C)C)N(C)C(=O)OC(C)(C)C)C(C)C. The predicted molar refractivity (Wildman–Crippen MR) is 261 cm³/mol. The van der Waals surface area contributed by atoms with Crippen LogP contribution >= 0.6 is 0 Å². The summed E-state index contributed by atoms with van der Waals surface area (Å²) in [6, 6.07) is 17.6. The summed E-state index contributed by atoms with van der Waals surface area (Å²) < 4.78 is 17.9. The van der Waals surface area contributed by atoms with E-state index in [-0.39, 0.29) is 54.1 Å². The number of nitrogens with one attached hydrogen (secondary N) is 2. The highest BCUT2D eigenvalue weighted by atomic mass is 16.6. The molecule has 5 amide bonds. The van der Waals surface area contributed by atoms with E-state index in [1.807, 2.05) is 87.9 Å². The number of ether oxygens (including phenoxy) is 3. The van der Waals surface area contributed by atoms with Crippen LogP contribution in [0.25, 0.3) is 0 Å². The molecule has 1 aliphatic heterocycles. The van der Waals surface area contributed by atoms with Crippen molar-refractivity contribution in [1.82, 2.24) is 25.3 Å². The average Bonchev–Trinajstić information content (AvgIpc) is 3.74. The molecule has 0 saturated carbocycles. The van der Waals surface area contributed by atoms with Gasteiger partial charge in [-0.15, -0.1) is 0 Å². The highest BCUT2D eigenvalue weighted by Crippen LogP contribution is 2.32. The topological polar surface area (TPSA) is 147 Å². The molecule has 0 bridgehead atoms. The second-order valence-corrected chi connectivity index (χ2v) is 19.7. The zero-order chi connectivity index (χ0) is 49.3. The zero-order valence-electron chi connectivity index (χ0n) is 42.5. The number of methoxy groups -OCH3 is 2.